The van der Waals surface area contributed by atoms with E-state index < -0.39 is 6.04 Å². The number of nitrogens with one attached hydrogen (secondary N) is 2. The van der Waals surface area contributed by atoms with Gasteiger partial charge in [0.1, 0.15) is 12.4 Å². The largest absolute Gasteiger partial charge is 0.344 e. The SMILES string of the molecule is CC(C)CC(=O)NC(C(=O)Nc1cccc(-c2nncn2C)c1)C(C)C. The number of carbonyl (C=O) groups is 2. The van der Waals surface area contributed by atoms with Gasteiger partial charge in [-0.25, -0.2) is 0 Å². The Kier molecular flexibility index (Phi) is 6.49. The van der Waals surface area contributed by atoms with Crippen LogP contribution in [-0.4, -0.2) is 32.6 Å². The fourth-order valence-corrected chi connectivity index (χ4v) is 2.64. The summed E-state index contributed by atoms with van der Waals surface area (Å²) in [6.45, 7) is 7.77. The van der Waals surface area contributed by atoms with Gasteiger partial charge in [0, 0.05) is 24.7 Å². The third kappa shape index (κ3) is 5.15. The summed E-state index contributed by atoms with van der Waals surface area (Å²) in [5.41, 5.74) is 1.51. The Morgan fingerprint density at radius 3 is 2.50 bits per heavy atom. The minimum absolute atomic E-state index is 0.0203. The minimum atomic E-state index is -0.584. The van der Waals surface area contributed by atoms with Gasteiger partial charge in [-0.15, -0.1) is 10.2 Å². The smallest absolute Gasteiger partial charge is 0.247 e. The van der Waals surface area contributed by atoms with E-state index in [9.17, 15) is 9.59 Å². The molecule has 1 aromatic carbocycles. The molecule has 0 aliphatic carbocycles. The molecule has 26 heavy (non-hydrogen) atoms. The highest BCUT2D eigenvalue weighted by Crippen LogP contribution is 2.20. The topological polar surface area (TPSA) is 88.9 Å². The number of aryl methyl sites for hydroxylation is 1. The first-order chi connectivity index (χ1) is 12.3. The van der Waals surface area contributed by atoms with Crippen molar-refractivity contribution in [3.8, 4) is 11.4 Å². The van der Waals surface area contributed by atoms with E-state index in [1.54, 1.807) is 6.33 Å². The molecule has 0 fully saturated rings. The highest BCUT2D eigenvalue weighted by molar-refractivity contribution is 5.97. The summed E-state index contributed by atoms with van der Waals surface area (Å²) in [4.78, 5) is 24.7. The van der Waals surface area contributed by atoms with E-state index in [4.69, 9.17) is 0 Å². The summed E-state index contributed by atoms with van der Waals surface area (Å²) >= 11 is 0. The summed E-state index contributed by atoms with van der Waals surface area (Å²) in [6, 6.07) is 6.82. The number of amides is 2. The van der Waals surface area contributed by atoms with Crippen LogP contribution in [0.4, 0.5) is 5.69 Å². The van der Waals surface area contributed by atoms with Crippen molar-refractivity contribution in [3.05, 3.63) is 30.6 Å². The molecule has 0 spiro atoms. The van der Waals surface area contributed by atoms with E-state index in [0.717, 1.165) is 5.56 Å². The maximum absolute atomic E-state index is 12.7. The van der Waals surface area contributed by atoms with Crippen LogP contribution in [0.1, 0.15) is 34.1 Å². The minimum Gasteiger partial charge on any atom is -0.344 e. The van der Waals surface area contributed by atoms with Gasteiger partial charge in [-0.2, -0.15) is 0 Å². The van der Waals surface area contributed by atoms with Gasteiger partial charge >= 0.3 is 0 Å². The van der Waals surface area contributed by atoms with E-state index in [0.29, 0.717) is 17.9 Å². The van der Waals surface area contributed by atoms with Crippen LogP contribution in [0.3, 0.4) is 0 Å². The maximum atomic E-state index is 12.7. The average Bonchev–Trinajstić information content (AvgIpc) is 2.98. The Hall–Kier alpha value is -2.70. The predicted octanol–water partition coefficient (Wildman–Crippen LogP) is 2.61. The van der Waals surface area contributed by atoms with E-state index in [-0.39, 0.29) is 23.7 Å². The third-order valence-electron chi connectivity index (χ3n) is 3.96. The first-order valence-electron chi connectivity index (χ1n) is 8.82. The molecule has 0 aliphatic heterocycles. The summed E-state index contributed by atoms with van der Waals surface area (Å²) in [5.74, 6) is 0.600. The molecular formula is C19H27N5O2. The lowest BCUT2D eigenvalue weighted by Gasteiger charge is -2.22. The number of aromatic nitrogens is 3. The molecule has 0 bridgehead atoms. The Balaban J connectivity index is 2.11. The molecule has 2 rings (SSSR count). The molecule has 1 unspecified atom stereocenters. The van der Waals surface area contributed by atoms with Gasteiger partial charge in [-0.05, 0) is 24.0 Å². The van der Waals surface area contributed by atoms with Crippen LogP contribution in [0.5, 0.6) is 0 Å². The van der Waals surface area contributed by atoms with Gasteiger partial charge in [0.2, 0.25) is 11.8 Å². The van der Waals surface area contributed by atoms with Gasteiger partial charge in [-0.1, -0.05) is 39.8 Å². The van der Waals surface area contributed by atoms with Gasteiger partial charge in [-0.3, -0.25) is 9.59 Å². The Morgan fingerprint density at radius 2 is 1.92 bits per heavy atom. The molecule has 1 heterocycles. The fourth-order valence-electron chi connectivity index (χ4n) is 2.64. The number of rotatable bonds is 7. The summed E-state index contributed by atoms with van der Waals surface area (Å²) < 4.78 is 1.81. The standard InChI is InChI=1S/C19H27N5O2/c1-12(2)9-16(25)22-17(13(3)4)19(26)21-15-8-6-7-14(10-15)18-23-20-11-24(18)5/h6-8,10-13,17H,9H2,1-5H3,(H,21,26)(H,22,25). The summed E-state index contributed by atoms with van der Waals surface area (Å²) in [7, 11) is 1.86. The second-order valence-electron chi connectivity index (χ2n) is 7.22. The number of anilines is 1. The molecule has 0 aliphatic rings. The zero-order valence-corrected chi connectivity index (χ0v) is 16.0. The van der Waals surface area contributed by atoms with Crippen LogP contribution >= 0.6 is 0 Å². The zero-order valence-electron chi connectivity index (χ0n) is 16.0. The van der Waals surface area contributed by atoms with Crippen molar-refractivity contribution in [1.29, 1.82) is 0 Å². The Morgan fingerprint density at radius 1 is 1.19 bits per heavy atom. The first kappa shape index (κ1) is 19.6. The third-order valence-corrected chi connectivity index (χ3v) is 3.96. The molecule has 140 valence electrons. The lowest BCUT2D eigenvalue weighted by molar-refractivity contribution is -0.127. The van der Waals surface area contributed by atoms with E-state index in [1.807, 2.05) is 63.6 Å². The van der Waals surface area contributed by atoms with Crippen LogP contribution in [0.15, 0.2) is 30.6 Å². The average molecular weight is 357 g/mol. The van der Waals surface area contributed by atoms with Gasteiger partial charge in [0.05, 0.1) is 0 Å². The van der Waals surface area contributed by atoms with Crippen LogP contribution < -0.4 is 10.6 Å². The number of carbonyl (C=O) groups excluding carboxylic acids is 2. The highest BCUT2D eigenvalue weighted by Gasteiger charge is 2.24. The molecule has 7 nitrogen and oxygen atoms in total. The molecule has 0 radical (unpaired) electrons. The van der Waals surface area contributed by atoms with Crippen LogP contribution in [0.2, 0.25) is 0 Å². The predicted molar refractivity (Wildman–Crippen MR) is 101 cm³/mol. The van der Waals surface area contributed by atoms with Crippen LogP contribution in [0.25, 0.3) is 11.4 Å². The van der Waals surface area contributed by atoms with E-state index in [2.05, 4.69) is 20.8 Å². The van der Waals surface area contributed by atoms with Crippen molar-refractivity contribution in [2.24, 2.45) is 18.9 Å². The number of benzene rings is 1. The monoisotopic (exact) mass is 357 g/mol. The maximum Gasteiger partial charge on any atom is 0.247 e. The zero-order chi connectivity index (χ0) is 19.3. The van der Waals surface area contributed by atoms with Crippen molar-refractivity contribution >= 4 is 17.5 Å². The normalized spacial score (nSPS) is 12.3. The first-order valence-corrected chi connectivity index (χ1v) is 8.82. The second-order valence-corrected chi connectivity index (χ2v) is 7.22. The Labute approximate surface area is 154 Å². The van der Waals surface area contributed by atoms with E-state index >= 15 is 0 Å². The molecule has 1 aromatic heterocycles. The lowest BCUT2D eigenvalue weighted by atomic mass is 10.0. The van der Waals surface area contributed by atoms with Crippen molar-refractivity contribution in [1.82, 2.24) is 20.1 Å². The molecule has 7 heteroatoms. The van der Waals surface area contributed by atoms with Crippen LogP contribution in [-0.2, 0) is 16.6 Å². The molecule has 0 saturated carbocycles. The van der Waals surface area contributed by atoms with Crippen molar-refractivity contribution in [3.63, 3.8) is 0 Å². The molecule has 2 aromatic rings. The molecule has 1 atom stereocenters. The molecule has 2 amide bonds. The van der Waals surface area contributed by atoms with Gasteiger partial charge < -0.3 is 15.2 Å². The Bertz CT molecular complexity index is 767. The number of hydrogen-bond acceptors (Lipinski definition) is 4. The lowest BCUT2D eigenvalue weighted by Crippen LogP contribution is -2.47. The van der Waals surface area contributed by atoms with Crippen molar-refractivity contribution < 1.29 is 9.59 Å². The van der Waals surface area contributed by atoms with Gasteiger partial charge in [0.15, 0.2) is 5.82 Å². The fraction of sp³-hybridized carbons (Fsp3) is 0.474. The van der Waals surface area contributed by atoms with Crippen molar-refractivity contribution in [2.75, 3.05) is 5.32 Å². The van der Waals surface area contributed by atoms with Crippen molar-refractivity contribution in [2.45, 2.75) is 40.2 Å². The molecule has 2 N–H and O–H groups in total. The number of nitrogens with zero attached hydrogens (tertiary/aromatic N) is 3. The quantitative estimate of drug-likeness (QED) is 0.797. The summed E-state index contributed by atoms with van der Waals surface area (Å²) in [6.07, 6.45) is 2.03. The highest BCUT2D eigenvalue weighted by atomic mass is 16.2. The van der Waals surface area contributed by atoms with Crippen LogP contribution in [0, 0.1) is 11.8 Å². The summed E-state index contributed by atoms with van der Waals surface area (Å²) in [5, 5.41) is 13.7. The number of hydrogen-bond donors (Lipinski definition) is 2. The van der Waals surface area contributed by atoms with E-state index in [1.165, 1.54) is 0 Å². The molecule has 0 saturated heterocycles. The molecular weight excluding hydrogens is 330 g/mol. The second kappa shape index (κ2) is 8.60. The van der Waals surface area contributed by atoms with Gasteiger partial charge in [0.25, 0.3) is 0 Å².